The third kappa shape index (κ3) is 5.33. The van der Waals surface area contributed by atoms with Crippen LogP contribution < -0.4 is 14.8 Å². The van der Waals surface area contributed by atoms with Crippen molar-refractivity contribution < 1.29 is 23.5 Å². The van der Waals surface area contributed by atoms with E-state index in [1.165, 1.54) is 6.33 Å². The molecule has 1 fully saturated rings. The quantitative estimate of drug-likeness (QED) is 0.327. The number of fused-ring (bicyclic) bond motifs is 1. The molecule has 0 radical (unpaired) electrons. The number of carbonyl (C=O) groups is 1. The Kier molecular flexibility index (Phi) is 7.55. The number of hydrogen-bond donors (Lipinski definition) is 1. The highest BCUT2D eigenvalue weighted by Gasteiger charge is 2.29. The number of amides is 1. The molecular formula is C26H25Cl2N5O5. The molecule has 1 saturated heterocycles. The zero-order chi connectivity index (χ0) is 26.8. The maximum atomic E-state index is 13.0. The number of hydrogen-bond acceptors (Lipinski definition) is 9. The zero-order valence-corrected chi connectivity index (χ0v) is 22.5. The number of carbonyl (C=O) groups excluding carboxylic acids is 1. The minimum absolute atomic E-state index is 0.128. The Hall–Kier alpha value is -3.60. The Bertz CT molecular complexity index is 1480. The summed E-state index contributed by atoms with van der Waals surface area (Å²) >= 11 is 12.2. The van der Waals surface area contributed by atoms with Crippen molar-refractivity contribution in [1.82, 2.24) is 20.0 Å². The monoisotopic (exact) mass is 557 g/mol. The van der Waals surface area contributed by atoms with Gasteiger partial charge < -0.3 is 29.0 Å². The molecule has 0 spiro atoms. The van der Waals surface area contributed by atoms with Crippen molar-refractivity contribution in [2.45, 2.75) is 20.0 Å². The van der Waals surface area contributed by atoms with Crippen molar-refractivity contribution in [2.24, 2.45) is 0 Å². The van der Waals surface area contributed by atoms with Gasteiger partial charge in [0, 0.05) is 23.7 Å². The van der Waals surface area contributed by atoms with E-state index in [9.17, 15) is 4.79 Å². The maximum Gasteiger partial charge on any atom is 0.259 e. The number of ether oxygens (including phenoxy) is 3. The smallest absolute Gasteiger partial charge is 0.259 e. The fraction of sp³-hybridized carbons (Fsp3) is 0.308. The molecule has 4 aromatic rings. The molecule has 2 aromatic heterocycles. The molecule has 10 nitrogen and oxygen atoms in total. The molecule has 38 heavy (non-hydrogen) atoms. The number of rotatable bonds is 7. The number of aromatic nitrogens is 3. The zero-order valence-electron chi connectivity index (χ0n) is 21.0. The minimum Gasteiger partial charge on any atom is -0.493 e. The second-order valence-electron chi connectivity index (χ2n) is 8.75. The first-order chi connectivity index (χ1) is 18.3. The van der Waals surface area contributed by atoms with Crippen molar-refractivity contribution in [1.29, 1.82) is 0 Å². The lowest BCUT2D eigenvalue weighted by Crippen LogP contribution is -2.47. The van der Waals surface area contributed by atoms with Gasteiger partial charge in [-0.1, -0.05) is 28.4 Å². The Labute approximate surface area is 228 Å². The van der Waals surface area contributed by atoms with E-state index in [0.717, 1.165) is 11.1 Å². The first-order valence-corrected chi connectivity index (χ1v) is 12.6. The third-order valence-electron chi connectivity index (χ3n) is 6.20. The van der Waals surface area contributed by atoms with Crippen molar-refractivity contribution in [3.63, 3.8) is 0 Å². The first kappa shape index (κ1) is 26.0. The Balaban J connectivity index is 1.31. The van der Waals surface area contributed by atoms with E-state index in [0.29, 0.717) is 69.6 Å². The molecule has 0 saturated carbocycles. The molecule has 1 amide bonds. The van der Waals surface area contributed by atoms with Crippen molar-refractivity contribution >= 4 is 51.5 Å². The topological polar surface area (TPSA) is 112 Å². The summed E-state index contributed by atoms with van der Waals surface area (Å²) in [5.74, 6) is 1.95. The summed E-state index contributed by atoms with van der Waals surface area (Å²) in [7, 11) is 1.56. The van der Waals surface area contributed by atoms with E-state index in [1.54, 1.807) is 56.2 Å². The number of anilines is 2. The number of nitrogens with one attached hydrogen (secondary N) is 1. The fourth-order valence-electron chi connectivity index (χ4n) is 4.28. The van der Waals surface area contributed by atoms with E-state index < -0.39 is 0 Å². The molecular weight excluding hydrogens is 533 g/mol. The van der Waals surface area contributed by atoms with Gasteiger partial charge >= 0.3 is 0 Å². The first-order valence-electron chi connectivity index (χ1n) is 11.9. The van der Waals surface area contributed by atoms with Crippen LogP contribution in [0, 0.1) is 13.8 Å². The highest BCUT2D eigenvalue weighted by atomic mass is 35.5. The normalized spacial score (nSPS) is 15.5. The van der Waals surface area contributed by atoms with Gasteiger partial charge in [-0.25, -0.2) is 9.97 Å². The van der Waals surface area contributed by atoms with E-state index >= 15 is 0 Å². The van der Waals surface area contributed by atoms with E-state index in [4.69, 9.17) is 41.9 Å². The summed E-state index contributed by atoms with van der Waals surface area (Å²) in [6.07, 6.45) is 1.13. The average molecular weight is 558 g/mol. The second kappa shape index (κ2) is 11.0. The summed E-state index contributed by atoms with van der Waals surface area (Å²) in [5.41, 5.74) is 2.44. The second-order valence-corrected chi connectivity index (χ2v) is 9.56. The lowest BCUT2D eigenvalue weighted by atomic mass is 10.1. The molecule has 3 heterocycles. The molecule has 1 atom stereocenters. The largest absolute Gasteiger partial charge is 0.493 e. The summed E-state index contributed by atoms with van der Waals surface area (Å²) < 4.78 is 22.7. The van der Waals surface area contributed by atoms with E-state index in [2.05, 4.69) is 20.4 Å². The Morgan fingerprint density at radius 2 is 2.00 bits per heavy atom. The van der Waals surface area contributed by atoms with Crippen molar-refractivity contribution in [3.8, 4) is 11.5 Å². The van der Waals surface area contributed by atoms with Gasteiger partial charge in [-0.3, -0.25) is 4.79 Å². The van der Waals surface area contributed by atoms with Gasteiger partial charge in [0.1, 0.15) is 36.2 Å². The molecule has 0 bridgehead atoms. The number of aryl methyl sites for hydroxylation is 2. The molecule has 1 aliphatic heterocycles. The molecule has 5 rings (SSSR count). The minimum atomic E-state index is -0.328. The summed E-state index contributed by atoms with van der Waals surface area (Å²) in [4.78, 5) is 23.5. The standard InChI is InChI=1S/C26H25Cl2N5O5/c1-14-24(15(2)38-32-14)26(34)33-6-7-36-17(11-33)12-37-23-10-21-18(9-22(23)35-3)25(30-13-29-21)31-16-4-5-19(27)20(28)8-16/h4-5,8-10,13,17H,6-7,11-12H2,1-3H3,(H,29,30,31). The number of halogens is 2. The average Bonchev–Trinajstić information content (AvgIpc) is 3.26. The van der Waals surface area contributed by atoms with Gasteiger partial charge in [0.15, 0.2) is 11.5 Å². The van der Waals surface area contributed by atoms with Gasteiger partial charge in [0.25, 0.3) is 5.91 Å². The lowest BCUT2D eigenvalue weighted by molar-refractivity contribution is -0.0404. The van der Waals surface area contributed by atoms with Crippen LogP contribution in [0.1, 0.15) is 21.8 Å². The van der Waals surface area contributed by atoms with Gasteiger partial charge in [-0.2, -0.15) is 0 Å². The third-order valence-corrected chi connectivity index (χ3v) is 6.94. The molecule has 2 aromatic carbocycles. The predicted octanol–water partition coefficient (Wildman–Crippen LogP) is 5.21. The van der Waals surface area contributed by atoms with Gasteiger partial charge in [0.05, 0.1) is 41.5 Å². The van der Waals surface area contributed by atoms with Crippen LogP contribution in [0.4, 0.5) is 11.5 Å². The molecule has 1 N–H and O–H groups in total. The van der Waals surface area contributed by atoms with Crippen LogP contribution in [0.3, 0.4) is 0 Å². The lowest BCUT2D eigenvalue weighted by Gasteiger charge is -2.32. The number of nitrogens with zero attached hydrogens (tertiary/aromatic N) is 4. The number of morpholine rings is 1. The number of benzene rings is 2. The summed E-state index contributed by atoms with van der Waals surface area (Å²) in [6.45, 7) is 4.95. The van der Waals surface area contributed by atoms with Crippen LogP contribution in [0.15, 0.2) is 41.2 Å². The maximum absolute atomic E-state index is 13.0. The van der Waals surface area contributed by atoms with Crippen LogP contribution in [-0.4, -0.2) is 65.4 Å². The van der Waals surface area contributed by atoms with Crippen LogP contribution in [0.5, 0.6) is 11.5 Å². The van der Waals surface area contributed by atoms with Crippen molar-refractivity contribution in [3.05, 3.63) is 63.7 Å². The van der Waals surface area contributed by atoms with Crippen LogP contribution in [0.2, 0.25) is 10.0 Å². The van der Waals surface area contributed by atoms with Gasteiger partial charge in [0.2, 0.25) is 0 Å². The van der Waals surface area contributed by atoms with Gasteiger partial charge in [-0.05, 0) is 38.1 Å². The fourth-order valence-corrected chi connectivity index (χ4v) is 4.58. The Morgan fingerprint density at radius 3 is 2.74 bits per heavy atom. The van der Waals surface area contributed by atoms with Crippen LogP contribution in [0.25, 0.3) is 10.9 Å². The highest BCUT2D eigenvalue weighted by molar-refractivity contribution is 6.42. The number of methoxy groups -OCH3 is 1. The van der Waals surface area contributed by atoms with Crippen LogP contribution in [-0.2, 0) is 4.74 Å². The molecule has 12 heteroatoms. The SMILES string of the molecule is COc1cc2c(Nc3ccc(Cl)c(Cl)c3)ncnc2cc1OCC1CN(C(=O)c2c(C)noc2C)CCO1. The van der Waals surface area contributed by atoms with E-state index in [-0.39, 0.29) is 18.6 Å². The van der Waals surface area contributed by atoms with Crippen LogP contribution >= 0.6 is 23.2 Å². The predicted molar refractivity (Wildman–Crippen MR) is 143 cm³/mol. The molecule has 198 valence electrons. The molecule has 1 unspecified atom stereocenters. The van der Waals surface area contributed by atoms with Gasteiger partial charge in [-0.15, -0.1) is 0 Å². The molecule has 1 aliphatic rings. The van der Waals surface area contributed by atoms with E-state index in [1.807, 2.05) is 0 Å². The highest BCUT2D eigenvalue weighted by Crippen LogP contribution is 2.35. The Morgan fingerprint density at radius 1 is 1.16 bits per heavy atom. The summed E-state index contributed by atoms with van der Waals surface area (Å²) in [6, 6.07) is 8.82. The van der Waals surface area contributed by atoms with Crippen molar-refractivity contribution in [2.75, 3.05) is 38.7 Å². The summed E-state index contributed by atoms with van der Waals surface area (Å²) in [5, 5.41) is 8.76. The molecule has 0 aliphatic carbocycles.